The highest BCUT2D eigenvalue weighted by Gasteiger charge is 2.18. The molecule has 0 saturated carbocycles. The molecule has 9 heteroatoms. The van der Waals surface area contributed by atoms with Crippen LogP contribution in [0.3, 0.4) is 0 Å². The molecule has 158 valence electrons. The van der Waals surface area contributed by atoms with Gasteiger partial charge in [0.05, 0.1) is 23.5 Å². The average molecular weight is 416 g/mol. The van der Waals surface area contributed by atoms with Crippen molar-refractivity contribution in [3.8, 4) is 17.2 Å². The first-order valence-corrected chi connectivity index (χ1v) is 10.6. The fourth-order valence-electron chi connectivity index (χ4n) is 4.06. The summed E-state index contributed by atoms with van der Waals surface area (Å²) in [6, 6.07) is 8.62. The number of hydrogen-bond acceptors (Lipinski definition) is 8. The second-order valence-corrected chi connectivity index (χ2v) is 7.98. The van der Waals surface area contributed by atoms with Crippen LogP contribution in [0.25, 0.3) is 11.1 Å². The maximum Gasteiger partial charge on any atom is 0.227 e. The third-order valence-corrected chi connectivity index (χ3v) is 5.81. The highest BCUT2D eigenvalue weighted by atomic mass is 15.3. The molecule has 2 aromatic heterocycles. The van der Waals surface area contributed by atoms with Crippen molar-refractivity contribution in [1.82, 2.24) is 30.4 Å². The van der Waals surface area contributed by atoms with Crippen LogP contribution in [0.4, 0.5) is 17.3 Å². The predicted molar refractivity (Wildman–Crippen MR) is 119 cm³/mol. The number of anilines is 3. The van der Waals surface area contributed by atoms with Gasteiger partial charge < -0.3 is 21.3 Å². The van der Waals surface area contributed by atoms with E-state index in [2.05, 4.69) is 48.6 Å². The molecule has 0 unspecified atom stereocenters. The van der Waals surface area contributed by atoms with Gasteiger partial charge in [-0.15, -0.1) is 0 Å². The van der Waals surface area contributed by atoms with Crippen LogP contribution in [0.2, 0.25) is 0 Å². The molecule has 4 N–H and O–H groups in total. The quantitative estimate of drug-likeness (QED) is 0.485. The lowest BCUT2D eigenvalue weighted by atomic mass is 10.1. The Morgan fingerprint density at radius 3 is 2.61 bits per heavy atom. The van der Waals surface area contributed by atoms with Gasteiger partial charge >= 0.3 is 0 Å². The monoisotopic (exact) mass is 415 g/mol. The fraction of sp³-hybridized carbons (Fsp3) is 0.364. The van der Waals surface area contributed by atoms with E-state index in [-0.39, 0.29) is 0 Å². The summed E-state index contributed by atoms with van der Waals surface area (Å²) < 4.78 is 2.02. The summed E-state index contributed by atoms with van der Waals surface area (Å²) in [6.45, 7) is 3.89. The number of rotatable bonds is 6. The lowest BCUT2D eigenvalue weighted by Gasteiger charge is -2.15. The molecule has 2 fully saturated rings. The minimum Gasteiger partial charge on any atom is -0.380 e. The average Bonchev–Trinajstić information content (AvgIpc) is 3.56. The molecule has 9 nitrogen and oxygen atoms in total. The molecular formula is C22H25N9. The highest BCUT2D eigenvalue weighted by molar-refractivity contribution is 5.68. The highest BCUT2D eigenvalue weighted by Crippen LogP contribution is 2.25. The SMILES string of the molecule is N#Cc1ccc(Nc2ncc(-c3cnn([C@H]4CCNC4)c3)cn2)cc1N[C@@H]1CCNC1. The van der Waals surface area contributed by atoms with Crippen molar-refractivity contribution < 1.29 is 0 Å². The maximum absolute atomic E-state index is 9.42. The van der Waals surface area contributed by atoms with Crippen LogP contribution in [-0.2, 0) is 0 Å². The molecule has 5 rings (SSSR count). The fourth-order valence-corrected chi connectivity index (χ4v) is 4.06. The van der Waals surface area contributed by atoms with Gasteiger partial charge in [0, 0.05) is 54.5 Å². The van der Waals surface area contributed by atoms with E-state index in [0.717, 1.165) is 61.5 Å². The molecule has 1 aromatic carbocycles. The zero-order chi connectivity index (χ0) is 21.0. The molecule has 0 radical (unpaired) electrons. The molecular weight excluding hydrogens is 390 g/mol. The van der Waals surface area contributed by atoms with E-state index >= 15 is 0 Å². The second kappa shape index (κ2) is 8.71. The zero-order valence-electron chi connectivity index (χ0n) is 17.2. The molecule has 2 atom stereocenters. The molecule has 4 heterocycles. The van der Waals surface area contributed by atoms with Crippen molar-refractivity contribution in [3.63, 3.8) is 0 Å². The Morgan fingerprint density at radius 2 is 1.87 bits per heavy atom. The van der Waals surface area contributed by atoms with E-state index in [1.807, 2.05) is 29.1 Å². The van der Waals surface area contributed by atoms with Crippen molar-refractivity contribution in [1.29, 1.82) is 5.26 Å². The first-order chi connectivity index (χ1) is 15.3. The van der Waals surface area contributed by atoms with Crippen molar-refractivity contribution in [3.05, 3.63) is 48.5 Å². The Hall–Kier alpha value is -3.48. The van der Waals surface area contributed by atoms with Gasteiger partial charge in [0.25, 0.3) is 0 Å². The minimum atomic E-state index is 0.332. The molecule has 2 aliphatic rings. The summed E-state index contributed by atoms with van der Waals surface area (Å²) >= 11 is 0. The molecule has 0 bridgehead atoms. The van der Waals surface area contributed by atoms with Crippen LogP contribution in [0.5, 0.6) is 0 Å². The predicted octanol–water partition coefficient (Wildman–Crippen LogP) is 2.26. The van der Waals surface area contributed by atoms with Crippen LogP contribution in [0, 0.1) is 11.3 Å². The Balaban J connectivity index is 1.29. The number of nitriles is 1. The van der Waals surface area contributed by atoms with E-state index in [1.54, 1.807) is 12.4 Å². The Bertz CT molecular complexity index is 1070. The third kappa shape index (κ3) is 4.35. The first-order valence-electron chi connectivity index (χ1n) is 10.6. The van der Waals surface area contributed by atoms with Crippen LogP contribution < -0.4 is 21.3 Å². The molecule has 0 aliphatic carbocycles. The second-order valence-electron chi connectivity index (χ2n) is 7.98. The largest absolute Gasteiger partial charge is 0.380 e. The first kappa shape index (κ1) is 19.5. The molecule has 2 saturated heterocycles. The number of nitrogens with one attached hydrogen (secondary N) is 4. The van der Waals surface area contributed by atoms with Gasteiger partial charge in [-0.05, 0) is 44.1 Å². The van der Waals surface area contributed by atoms with Gasteiger partial charge in [0.2, 0.25) is 5.95 Å². The van der Waals surface area contributed by atoms with Crippen molar-refractivity contribution in [2.75, 3.05) is 36.8 Å². The van der Waals surface area contributed by atoms with Crippen molar-refractivity contribution in [2.45, 2.75) is 24.9 Å². The van der Waals surface area contributed by atoms with Crippen LogP contribution >= 0.6 is 0 Å². The van der Waals surface area contributed by atoms with Crippen molar-refractivity contribution >= 4 is 17.3 Å². The van der Waals surface area contributed by atoms with Crippen molar-refractivity contribution in [2.24, 2.45) is 0 Å². The minimum absolute atomic E-state index is 0.332. The normalized spacial score (nSPS) is 20.5. The maximum atomic E-state index is 9.42. The van der Waals surface area contributed by atoms with Crippen LogP contribution in [0.15, 0.2) is 43.0 Å². The van der Waals surface area contributed by atoms with Gasteiger partial charge in [0.15, 0.2) is 0 Å². The summed E-state index contributed by atoms with van der Waals surface area (Å²) in [7, 11) is 0. The van der Waals surface area contributed by atoms with Gasteiger partial charge in [0.1, 0.15) is 6.07 Å². The third-order valence-electron chi connectivity index (χ3n) is 5.81. The van der Waals surface area contributed by atoms with Gasteiger partial charge in [-0.2, -0.15) is 10.4 Å². The smallest absolute Gasteiger partial charge is 0.227 e. The zero-order valence-corrected chi connectivity index (χ0v) is 17.2. The van der Waals surface area contributed by atoms with Gasteiger partial charge in [-0.25, -0.2) is 9.97 Å². The topological polar surface area (TPSA) is 116 Å². The Labute approximate surface area is 180 Å². The number of benzene rings is 1. The summed E-state index contributed by atoms with van der Waals surface area (Å²) in [5, 5.41) is 27.3. The number of aromatic nitrogens is 4. The van der Waals surface area contributed by atoms with E-state index in [0.29, 0.717) is 23.6 Å². The summed E-state index contributed by atoms with van der Waals surface area (Å²) in [4.78, 5) is 8.93. The Morgan fingerprint density at radius 1 is 1.03 bits per heavy atom. The summed E-state index contributed by atoms with van der Waals surface area (Å²) in [5.74, 6) is 0.509. The molecule has 0 amide bonds. The van der Waals surface area contributed by atoms with E-state index in [9.17, 15) is 5.26 Å². The van der Waals surface area contributed by atoms with Gasteiger partial charge in [-0.1, -0.05) is 0 Å². The molecule has 2 aliphatic heterocycles. The van der Waals surface area contributed by atoms with E-state index < -0.39 is 0 Å². The lowest BCUT2D eigenvalue weighted by molar-refractivity contribution is 0.491. The molecule has 0 spiro atoms. The van der Waals surface area contributed by atoms with Gasteiger partial charge in [-0.3, -0.25) is 4.68 Å². The summed E-state index contributed by atoms with van der Waals surface area (Å²) in [5.41, 5.74) is 4.23. The van der Waals surface area contributed by atoms with E-state index in [4.69, 9.17) is 0 Å². The van der Waals surface area contributed by atoms with E-state index in [1.165, 1.54) is 0 Å². The summed E-state index contributed by atoms with van der Waals surface area (Å²) in [6.07, 6.45) is 9.66. The standard InChI is InChI=1S/C22H25N9/c23-8-15-1-2-18(7-21(15)29-19-3-5-24-12-19)30-22-26-9-16(10-27-22)17-11-28-31(14-17)20-4-6-25-13-20/h1-2,7,9-11,14,19-20,24-25,29H,3-6,12-13H2,(H,26,27,30)/t19-,20+/m1/s1. The Kier molecular flexibility index (Phi) is 5.48. The molecule has 31 heavy (non-hydrogen) atoms. The number of hydrogen-bond donors (Lipinski definition) is 4. The van der Waals surface area contributed by atoms with Crippen LogP contribution in [-0.4, -0.2) is 52.0 Å². The lowest BCUT2D eigenvalue weighted by Crippen LogP contribution is -2.22. The van der Waals surface area contributed by atoms with Crippen LogP contribution in [0.1, 0.15) is 24.4 Å². The number of nitrogens with zero attached hydrogens (tertiary/aromatic N) is 5. The molecule has 3 aromatic rings.